The highest BCUT2D eigenvalue weighted by Crippen LogP contribution is 2.38. The first kappa shape index (κ1) is 12.3. The van der Waals surface area contributed by atoms with E-state index in [0.717, 1.165) is 32.2 Å². The molecule has 1 heterocycles. The van der Waals surface area contributed by atoms with Crippen LogP contribution in [0.15, 0.2) is 0 Å². The van der Waals surface area contributed by atoms with Gasteiger partial charge in [-0.15, -0.1) is 0 Å². The zero-order valence-corrected chi connectivity index (χ0v) is 11.1. The fourth-order valence-electron chi connectivity index (χ4n) is 3.75. The van der Waals surface area contributed by atoms with Gasteiger partial charge in [0.05, 0.1) is 0 Å². The number of amides is 2. The minimum absolute atomic E-state index is 0.0586. The van der Waals surface area contributed by atoms with Gasteiger partial charge >= 0.3 is 6.03 Å². The molecule has 2 aliphatic carbocycles. The van der Waals surface area contributed by atoms with Gasteiger partial charge in [-0.1, -0.05) is 12.8 Å². The summed E-state index contributed by atoms with van der Waals surface area (Å²) in [6, 6.07) is 0.848. The number of carbonyl (C=O) groups excluding carboxylic acids is 1. The average molecular weight is 251 g/mol. The van der Waals surface area contributed by atoms with Crippen LogP contribution < -0.4 is 16.0 Å². The van der Waals surface area contributed by atoms with E-state index in [2.05, 4.69) is 16.0 Å². The molecule has 0 aromatic rings. The zero-order chi connectivity index (χ0) is 12.4. The number of hydrogen-bond donors (Lipinski definition) is 3. The van der Waals surface area contributed by atoms with Gasteiger partial charge in [0.1, 0.15) is 0 Å². The highest BCUT2D eigenvalue weighted by Gasteiger charge is 2.41. The topological polar surface area (TPSA) is 53.2 Å². The summed E-state index contributed by atoms with van der Waals surface area (Å²) in [5.74, 6) is 0. The molecule has 2 saturated carbocycles. The second-order valence-corrected chi connectivity index (χ2v) is 6.35. The summed E-state index contributed by atoms with van der Waals surface area (Å²) < 4.78 is 0. The van der Waals surface area contributed by atoms with E-state index in [1.54, 1.807) is 0 Å². The Labute approximate surface area is 109 Å². The van der Waals surface area contributed by atoms with E-state index in [1.165, 1.54) is 32.1 Å². The Morgan fingerprint density at radius 3 is 2.39 bits per heavy atom. The monoisotopic (exact) mass is 251 g/mol. The summed E-state index contributed by atoms with van der Waals surface area (Å²) in [7, 11) is 0. The van der Waals surface area contributed by atoms with Crippen LogP contribution in [0.4, 0.5) is 4.79 Å². The Bertz CT molecular complexity index is 308. The summed E-state index contributed by atoms with van der Waals surface area (Å²) in [6.07, 6.45) is 10.9. The first-order chi connectivity index (χ1) is 8.76. The van der Waals surface area contributed by atoms with Crippen LogP contribution in [-0.4, -0.2) is 30.2 Å². The Morgan fingerprint density at radius 2 is 1.72 bits per heavy atom. The number of hydrogen-bond acceptors (Lipinski definition) is 2. The van der Waals surface area contributed by atoms with Crippen molar-refractivity contribution < 1.29 is 4.79 Å². The molecule has 0 aromatic carbocycles. The summed E-state index contributed by atoms with van der Waals surface area (Å²) in [4.78, 5) is 11.9. The summed E-state index contributed by atoms with van der Waals surface area (Å²) in [5.41, 5.74) is 0.365. The fraction of sp³-hybridized carbons (Fsp3) is 0.929. The lowest BCUT2D eigenvalue weighted by Gasteiger charge is -2.48. The molecule has 1 aliphatic heterocycles. The van der Waals surface area contributed by atoms with E-state index in [0.29, 0.717) is 17.6 Å². The van der Waals surface area contributed by atoms with Gasteiger partial charge in [-0.25, -0.2) is 4.79 Å². The number of urea groups is 1. The summed E-state index contributed by atoms with van der Waals surface area (Å²) in [6.45, 7) is 1.05. The number of nitrogens with one attached hydrogen (secondary N) is 3. The van der Waals surface area contributed by atoms with Gasteiger partial charge in [0, 0.05) is 17.6 Å². The van der Waals surface area contributed by atoms with Crippen LogP contribution >= 0.6 is 0 Å². The molecule has 0 aromatic heterocycles. The van der Waals surface area contributed by atoms with Gasteiger partial charge < -0.3 is 16.0 Å². The zero-order valence-electron chi connectivity index (χ0n) is 11.1. The lowest BCUT2D eigenvalue weighted by atomic mass is 9.70. The molecule has 4 nitrogen and oxygen atoms in total. The van der Waals surface area contributed by atoms with Gasteiger partial charge in [-0.05, 0) is 51.5 Å². The molecule has 1 atom stereocenters. The molecule has 4 heteroatoms. The molecule has 3 aliphatic rings. The van der Waals surface area contributed by atoms with Gasteiger partial charge in [0.2, 0.25) is 0 Å². The predicted molar refractivity (Wildman–Crippen MR) is 71.5 cm³/mol. The highest BCUT2D eigenvalue weighted by atomic mass is 16.2. The van der Waals surface area contributed by atoms with Gasteiger partial charge in [0.25, 0.3) is 0 Å². The number of rotatable bonds is 2. The fourth-order valence-corrected chi connectivity index (χ4v) is 3.75. The van der Waals surface area contributed by atoms with Crippen LogP contribution in [0.5, 0.6) is 0 Å². The molecular formula is C14H25N3O. The van der Waals surface area contributed by atoms with Crippen molar-refractivity contribution in [3.05, 3.63) is 0 Å². The van der Waals surface area contributed by atoms with Gasteiger partial charge in [-0.2, -0.15) is 0 Å². The molecule has 3 rings (SSSR count). The SMILES string of the molecule is O=C(NC1CCCC1)NC1CCNC2(CCC2)C1. The molecule has 1 unspecified atom stereocenters. The van der Waals surface area contributed by atoms with Crippen molar-refractivity contribution in [2.45, 2.75) is 75.4 Å². The Morgan fingerprint density at radius 1 is 1.00 bits per heavy atom. The van der Waals surface area contributed by atoms with E-state index < -0.39 is 0 Å². The maximum Gasteiger partial charge on any atom is 0.315 e. The van der Waals surface area contributed by atoms with E-state index in [1.807, 2.05) is 0 Å². The molecular weight excluding hydrogens is 226 g/mol. The lowest BCUT2D eigenvalue weighted by molar-refractivity contribution is 0.121. The van der Waals surface area contributed by atoms with E-state index in [9.17, 15) is 4.79 Å². The van der Waals surface area contributed by atoms with Crippen LogP contribution in [0.1, 0.15) is 57.8 Å². The molecule has 1 spiro atoms. The van der Waals surface area contributed by atoms with E-state index >= 15 is 0 Å². The van der Waals surface area contributed by atoms with Crippen molar-refractivity contribution in [1.82, 2.24) is 16.0 Å². The molecule has 1 saturated heterocycles. The predicted octanol–water partition coefficient (Wildman–Crippen LogP) is 1.90. The summed E-state index contributed by atoms with van der Waals surface area (Å²) in [5, 5.41) is 9.93. The van der Waals surface area contributed by atoms with Crippen molar-refractivity contribution in [2.75, 3.05) is 6.54 Å². The van der Waals surface area contributed by atoms with Crippen LogP contribution in [0.25, 0.3) is 0 Å². The number of piperidine rings is 1. The van der Waals surface area contributed by atoms with Gasteiger partial charge in [0.15, 0.2) is 0 Å². The smallest absolute Gasteiger partial charge is 0.315 e. The molecule has 0 radical (unpaired) electrons. The van der Waals surface area contributed by atoms with E-state index in [-0.39, 0.29) is 6.03 Å². The highest BCUT2D eigenvalue weighted by molar-refractivity contribution is 5.74. The summed E-state index contributed by atoms with van der Waals surface area (Å²) >= 11 is 0. The van der Waals surface area contributed by atoms with Crippen LogP contribution in [0.3, 0.4) is 0 Å². The van der Waals surface area contributed by atoms with Crippen molar-refractivity contribution in [2.24, 2.45) is 0 Å². The van der Waals surface area contributed by atoms with Crippen LogP contribution in [0, 0.1) is 0 Å². The quantitative estimate of drug-likeness (QED) is 0.702. The Hall–Kier alpha value is -0.770. The van der Waals surface area contributed by atoms with Gasteiger partial charge in [-0.3, -0.25) is 0 Å². The average Bonchev–Trinajstić information content (AvgIpc) is 2.80. The largest absolute Gasteiger partial charge is 0.335 e. The first-order valence-corrected chi connectivity index (χ1v) is 7.58. The maximum atomic E-state index is 11.9. The molecule has 3 N–H and O–H groups in total. The molecule has 2 amide bonds. The van der Waals surface area contributed by atoms with Crippen LogP contribution in [0.2, 0.25) is 0 Å². The third-order valence-electron chi connectivity index (χ3n) is 4.97. The third-order valence-corrected chi connectivity index (χ3v) is 4.97. The lowest BCUT2D eigenvalue weighted by Crippen LogP contribution is -2.60. The number of carbonyl (C=O) groups is 1. The van der Waals surface area contributed by atoms with Crippen molar-refractivity contribution in [3.63, 3.8) is 0 Å². The van der Waals surface area contributed by atoms with Crippen LogP contribution in [-0.2, 0) is 0 Å². The second kappa shape index (κ2) is 5.08. The second-order valence-electron chi connectivity index (χ2n) is 6.35. The minimum atomic E-state index is 0.0586. The van der Waals surface area contributed by atoms with E-state index in [4.69, 9.17) is 0 Å². The maximum absolute atomic E-state index is 11.9. The van der Waals surface area contributed by atoms with Crippen molar-refractivity contribution in [1.29, 1.82) is 0 Å². The third kappa shape index (κ3) is 2.63. The van der Waals surface area contributed by atoms with Crippen molar-refractivity contribution in [3.8, 4) is 0 Å². The Balaban J connectivity index is 1.45. The minimum Gasteiger partial charge on any atom is -0.335 e. The van der Waals surface area contributed by atoms with Crippen molar-refractivity contribution >= 4 is 6.03 Å². The Kier molecular flexibility index (Phi) is 3.46. The molecule has 18 heavy (non-hydrogen) atoms. The molecule has 102 valence electrons. The first-order valence-electron chi connectivity index (χ1n) is 7.58. The normalized spacial score (nSPS) is 31.0. The molecule has 3 fully saturated rings. The standard InChI is InChI=1S/C14H25N3O/c18-13(16-11-4-1-2-5-11)17-12-6-9-15-14(10-12)7-3-8-14/h11-12,15H,1-10H2,(H2,16,17,18). The molecule has 0 bridgehead atoms.